The Morgan fingerprint density at radius 2 is 1.43 bits per heavy atom. The van der Waals surface area contributed by atoms with Crippen molar-refractivity contribution in [3.05, 3.63) is 77.6 Å². The summed E-state index contributed by atoms with van der Waals surface area (Å²) >= 11 is 0. The molecule has 0 aliphatic carbocycles. The highest BCUT2D eigenvalue weighted by Gasteiger charge is 2.08. The van der Waals surface area contributed by atoms with Gasteiger partial charge in [-0.2, -0.15) is 0 Å². The highest BCUT2D eigenvalue weighted by atomic mass is 19.2. The van der Waals surface area contributed by atoms with Crippen LogP contribution in [0.1, 0.15) is 43.5 Å². The van der Waals surface area contributed by atoms with Crippen molar-refractivity contribution < 1.29 is 8.78 Å². The van der Waals surface area contributed by atoms with E-state index in [2.05, 4.69) is 52.4 Å². The van der Waals surface area contributed by atoms with E-state index in [1.54, 1.807) is 0 Å². The van der Waals surface area contributed by atoms with Gasteiger partial charge >= 0.3 is 0 Å². The van der Waals surface area contributed by atoms with Crippen LogP contribution in [0.4, 0.5) is 8.78 Å². The first kappa shape index (κ1) is 18.6. The summed E-state index contributed by atoms with van der Waals surface area (Å²) < 4.78 is 26.5. The van der Waals surface area contributed by atoms with E-state index in [1.165, 1.54) is 41.7 Å². The number of aromatic amines is 1. The van der Waals surface area contributed by atoms with Crippen LogP contribution < -0.4 is 0 Å². The minimum atomic E-state index is -0.850. The standard InChI is InChI=1S/C24H24F2N2/c25-20-15-22-23(16-21(20)26)28-24(27-22)11-5-3-1-2-4-8-17-12-13-18-9-6-7-10-19(18)14-17/h6-7,9-10,12-16H,1-5,8,11H2,(H,27,28). The van der Waals surface area contributed by atoms with Gasteiger partial charge in [-0.15, -0.1) is 0 Å². The molecule has 1 heterocycles. The summed E-state index contributed by atoms with van der Waals surface area (Å²) in [5.41, 5.74) is 2.45. The lowest BCUT2D eigenvalue weighted by Gasteiger charge is -2.04. The summed E-state index contributed by atoms with van der Waals surface area (Å²) in [7, 11) is 0. The molecule has 0 spiro atoms. The Kier molecular flexibility index (Phi) is 5.65. The number of nitrogens with one attached hydrogen (secondary N) is 1. The summed E-state index contributed by atoms with van der Waals surface area (Å²) in [5, 5.41) is 2.60. The molecule has 1 N–H and O–H groups in total. The van der Waals surface area contributed by atoms with Crippen LogP contribution in [-0.4, -0.2) is 9.97 Å². The number of unbranched alkanes of at least 4 members (excludes halogenated alkanes) is 4. The number of aryl methyl sites for hydroxylation is 2. The molecule has 4 aromatic rings. The van der Waals surface area contributed by atoms with Crippen LogP contribution in [-0.2, 0) is 12.8 Å². The highest BCUT2D eigenvalue weighted by Crippen LogP contribution is 2.19. The normalized spacial score (nSPS) is 11.5. The van der Waals surface area contributed by atoms with Gasteiger partial charge < -0.3 is 4.98 Å². The van der Waals surface area contributed by atoms with Crippen molar-refractivity contribution in [1.82, 2.24) is 9.97 Å². The molecule has 0 unspecified atom stereocenters. The second kappa shape index (κ2) is 8.51. The van der Waals surface area contributed by atoms with Crippen LogP contribution in [0, 0.1) is 11.6 Å². The van der Waals surface area contributed by atoms with Crippen LogP contribution in [0.5, 0.6) is 0 Å². The molecule has 0 amide bonds. The van der Waals surface area contributed by atoms with Gasteiger partial charge in [0.05, 0.1) is 11.0 Å². The van der Waals surface area contributed by atoms with Crippen molar-refractivity contribution in [1.29, 1.82) is 0 Å². The van der Waals surface area contributed by atoms with E-state index < -0.39 is 11.6 Å². The Balaban J connectivity index is 1.18. The van der Waals surface area contributed by atoms with E-state index in [1.807, 2.05) is 0 Å². The van der Waals surface area contributed by atoms with Crippen LogP contribution >= 0.6 is 0 Å². The molecule has 0 fully saturated rings. The Bertz CT molecular complexity index is 1050. The van der Waals surface area contributed by atoms with Gasteiger partial charge in [-0.3, -0.25) is 0 Å². The molecule has 0 saturated heterocycles. The minimum Gasteiger partial charge on any atom is -0.342 e. The minimum absolute atomic E-state index is 0.490. The molecule has 1 aromatic heterocycles. The van der Waals surface area contributed by atoms with Gasteiger partial charge in [0, 0.05) is 18.6 Å². The number of hydrogen-bond donors (Lipinski definition) is 1. The fraction of sp³-hybridized carbons (Fsp3) is 0.292. The molecule has 0 atom stereocenters. The number of imidazole rings is 1. The molecule has 4 rings (SSSR count). The van der Waals surface area contributed by atoms with Crippen molar-refractivity contribution in [2.75, 3.05) is 0 Å². The second-order valence-electron chi connectivity index (χ2n) is 7.42. The molecule has 0 aliphatic heterocycles. The molecule has 0 radical (unpaired) electrons. The molecule has 2 nitrogen and oxygen atoms in total. The van der Waals surface area contributed by atoms with Gasteiger partial charge in [-0.05, 0) is 35.6 Å². The van der Waals surface area contributed by atoms with Crippen molar-refractivity contribution in [3.63, 3.8) is 0 Å². The van der Waals surface area contributed by atoms with Gasteiger partial charge in [-0.25, -0.2) is 13.8 Å². The molecule has 0 aliphatic rings. The molecule has 3 aromatic carbocycles. The molecule has 144 valence electrons. The van der Waals surface area contributed by atoms with Crippen LogP contribution in [0.3, 0.4) is 0 Å². The van der Waals surface area contributed by atoms with E-state index in [-0.39, 0.29) is 0 Å². The third kappa shape index (κ3) is 4.38. The van der Waals surface area contributed by atoms with Gasteiger partial charge in [0.15, 0.2) is 11.6 Å². The van der Waals surface area contributed by atoms with Gasteiger partial charge in [0.25, 0.3) is 0 Å². The first-order valence-corrected chi connectivity index (χ1v) is 10.0. The van der Waals surface area contributed by atoms with E-state index in [4.69, 9.17) is 0 Å². The van der Waals surface area contributed by atoms with Crippen LogP contribution in [0.2, 0.25) is 0 Å². The maximum atomic E-state index is 13.3. The third-order valence-corrected chi connectivity index (χ3v) is 5.27. The molecule has 0 saturated carbocycles. The summed E-state index contributed by atoms with van der Waals surface area (Å²) in [6.07, 6.45) is 7.69. The average molecular weight is 378 g/mol. The predicted octanol–water partition coefficient (Wildman–Crippen LogP) is 6.73. The average Bonchev–Trinajstić information content (AvgIpc) is 3.09. The maximum absolute atomic E-state index is 13.3. The smallest absolute Gasteiger partial charge is 0.161 e. The Morgan fingerprint density at radius 1 is 0.714 bits per heavy atom. The zero-order valence-electron chi connectivity index (χ0n) is 15.8. The lowest BCUT2D eigenvalue weighted by atomic mass is 10.0. The van der Waals surface area contributed by atoms with Crippen molar-refractivity contribution in [3.8, 4) is 0 Å². The first-order valence-electron chi connectivity index (χ1n) is 10.0. The Labute approximate surface area is 163 Å². The predicted molar refractivity (Wildman–Crippen MR) is 110 cm³/mol. The lowest BCUT2D eigenvalue weighted by molar-refractivity contribution is 0.510. The highest BCUT2D eigenvalue weighted by molar-refractivity contribution is 5.83. The number of halogens is 2. The molecule has 28 heavy (non-hydrogen) atoms. The second-order valence-corrected chi connectivity index (χ2v) is 7.42. The SMILES string of the molecule is Fc1cc2nc(CCCCCCCc3ccc4ccccc4c3)[nH]c2cc1F. The number of rotatable bonds is 8. The Morgan fingerprint density at radius 3 is 2.29 bits per heavy atom. The number of nitrogens with zero attached hydrogens (tertiary/aromatic N) is 1. The van der Waals surface area contributed by atoms with E-state index in [9.17, 15) is 8.78 Å². The lowest BCUT2D eigenvalue weighted by Crippen LogP contribution is -1.90. The van der Waals surface area contributed by atoms with Crippen LogP contribution in [0.15, 0.2) is 54.6 Å². The van der Waals surface area contributed by atoms with Crippen molar-refractivity contribution >= 4 is 21.8 Å². The molecular formula is C24H24F2N2. The number of H-pyrrole nitrogens is 1. The van der Waals surface area contributed by atoms with Gasteiger partial charge in [-0.1, -0.05) is 61.7 Å². The molecular weight excluding hydrogens is 354 g/mol. The van der Waals surface area contributed by atoms with E-state index in [0.29, 0.717) is 11.0 Å². The number of hydrogen-bond acceptors (Lipinski definition) is 1. The quantitative estimate of drug-likeness (QED) is 0.338. The zero-order valence-corrected chi connectivity index (χ0v) is 15.8. The fourth-order valence-electron chi connectivity index (χ4n) is 3.72. The number of aromatic nitrogens is 2. The van der Waals surface area contributed by atoms with E-state index in [0.717, 1.165) is 37.6 Å². The van der Waals surface area contributed by atoms with E-state index >= 15 is 0 Å². The van der Waals surface area contributed by atoms with Crippen LogP contribution in [0.25, 0.3) is 21.8 Å². The van der Waals surface area contributed by atoms with Crippen molar-refractivity contribution in [2.24, 2.45) is 0 Å². The van der Waals surface area contributed by atoms with Gasteiger partial charge in [0.1, 0.15) is 5.82 Å². The number of benzene rings is 3. The van der Waals surface area contributed by atoms with Crippen molar-refractivity contribution in [2.45, 2.75) is 44.9 Å². The topological polar surface area (TPSA) is 28.7 Å². The Hall–Kier alpha value is -2.75. The summed E-state index contributed by atoms with van der Waals surface area (Å²) in [4.78, 5) is 7.43. The monoisotopic (exact) mass is 378 g/mol. The fourth-order valence-corrected chi connectivity index (χ4v) is 3.72. The third-order valence-electron chi connectivity index (χ3n) is 5.27. The summed E-state index contributed by atoms with van der Waals surface area (Å²) in [6.45, 7) is 0. The maximum Gasteiger partial charge on any atom is 0.161 e. The first-order chi connectivity index (χ1) is 13.7. The number of fused-ring (bicyclic) bond motifs is 2. The molecule has 0 bridgehead atoms. The largest absolute Gasteiger partial charge is 0.342 e. The summed E-state index contributed by atoms with van der Waals surface area (Å²) in [5.74, 6) is -0.887. The molecule has 4 heteroatoms. The zero-order chi connectivity index (χ0) is 19.3. The van der Waals surface area contributed by atoms with Gasteiger partial charge in [0.2, 0.25) is 0 Å². The summed E-state index contributed by atoms with van der Waals surface area (Å²) in [6, 6.07) is 17.5.